The first kappa shape index (κ1) is 19.2. The number of hydrogen-bond donors (Lipinski definition) is 2. The van der Waals surface area contributed by atoms with E-state index in [4.69, 9.17) is 11.6 Å². The number of nitrogens with one attached hydrogen (secondary N) is 2. The zero-order valence-corrected chi connectivity index (χ0v) is 15.9. The number of pyridine rings is 1. The summed E-state index contributed by atoms with van der Waals surface area (Å²) in [5, 5.41) is 6.68. The summed E-state index contributed by atoms with van der Waals surface area (Å²) in [6.45, 7) is 5.78. The molecule has 0 aliphatic rings. The molecule has 0 fully saturated rings. The van der Waals surface area contributed by atoms with Crippen LogP contribution in [0, 0.1) is 13.8 Å². The molecule has 5 nitrogen and oxygen atoms in total. The highest BCUT2D eigenvalue weighted by atomic mass is 35.5. The molecule has 2 rings (SSSR count). The molecule has 1 aromatic heterocycles. The summed E-state index contributed by atoms with van der Waals surface area (Å²) >= 11 is 6.24. The Hall–Kier alpha value is -2.11. The molecule has 0 spiro atoms. The van der Waals surface area contributed by atoms with Crippen LogP contribution in [0.4, 0.5) is 11.4 Å². The first-order chi connectivity index (χ1) is 11.9. The highest BCUT2D eigenvalue weighted by molar-refractivity contribution is 6.34. The van der Waals surface area contributed by atoms with Crippen LogP contribution in [0.2, 0.25) is 5.02 Å². The highest BCUT2D eigenvalue weighted by Crippen LogP contribution is 2.27. The van der Waals surface area contributed by atoms with Gasteiger partial charge < -0.3 is 15.5 Å². The number of rotatable bonds is 7. The predicted octanol–water partition coefficient (Wildman–Crippen LogP) is 3.97. The fourth-order valence-electron chi connectivity index (χ4n) is 2.51. The molecule has 0 aliphatic heterocycles. The van der Waals surface area contributed by atoms with Crippen LogP contribution >= 0.6 is 11.6 Å². The molecule has 2 N–H and O–H groups in total. The zero-order chi connectivity index (χ0) is 18.4. The molecule has 1 heterocycles. The van der Waals surface area contributed by atoms with Gasteiger partial charge in [-0.25, -0.2) is 4.98 Å². The largest absolute Gasteiger partial charge is 0.384 e. The number of carbonyl (C=O) groups excluding carboxylic acids is 1. The van der Waals surface area contributed by atoms with Crippen LogP contribution in [0.25, 0.3) is 0 Å². The topological polar surface area (TPSA) is 57.3 Å². The van der Waals surface area contributed by atoms with Gasteiger partial charge in [-0.1, -0.05) is 17.7 Å². The second-order valence-corrected chi connectivity index (χ2v) is 6.82. The number of halogens is 1. The maximum atomic E-state index is 12.4. The van der Waals surface area contributed by atoms with E-state index in [-0.39, 0.29) is 5.91 Å². The Kier molecular flexibility index (Phi) is 6.79. The van der Waals surface area contributed by atoms with Crippen LogP contribution < -0.4 is 10.6 Å². The van der Waals surface area contributed by atoms with Gasteiger partial charge in [-0.05, 0) is 70.2 Å². The van der Waals surface area contributed by atoms with Crippen molar-refractivity contribution in [2.24, 2.45) is 0 Å². The van der Waals surface area contributed by atoms with Crippen molar-refractivity contribution in [2.75, 3.05) is 37.8 Å². The molecule has 0 radical (unpaired) electrons. The standard InChI is InChI=1S/C19H25ClN4O/c1-13-10-14(2)18(16(20)11-13)23-19(25)17-7-6-15(12-22-17)21-8-5-9-24(3)4/h6-7,10-12,21H,5,8-9H2,1-4H3,(H,23,25). The summed E-state index contributed by atoms with van der Waals surface area (Å²) < 4.78 is 0. The van der Waals surface area contributed by atoms with Crippen molar-refractivity contribution in [3.05, 3.63) is 52.3 Å². The maximum Gasteiger partial charge on any atom is 0.274 e. The van der Waals surface area contributed by atoms with Gasteiger partial charge in [-0.3, -0.25) is 4.79 Å². The number of hydrogen-bond acceptors (Lipinski definition) is 4. The van der Waals surface area contributed by atoms with E-state index in [1.165, 1.54) is 0 Å². The molecule has 0 saturated heterocycles. The van der Waals surface area contributed by atoms with Crippen LogP contribution in [0.5, 0.6) is 0 Å². The molecule has 1 amide bonds. The van der Waals surface area contributed by atoms with Crippen molar-refractivity contribution in [3.63, 3.8) is 0 Å². The van der Waals surface area contributed by atoms with Crippen LogP contribution in [0.3, 0.4) is 0 Å². The normalized spacial score (nSPS) is 10.8. The first-order valence-corrected chi connectivity index (χ1v) is 8.67. The van der Waals surface area contributed by atoms with E-state index in [0.29, 0.717) is 16.4 Å². The van der Waals surface area contributed by atoms with E-state index in [2.05, 4.69) is 34.6 Å². The highest BCUT2D eigenvalue weighted by Gasteiger charge is 2.12. The molecular weight excluding hydrogens is 336 g/mol. The van der Waals surface area contributed by atoms with Crippen LogP contribution in [0.15, 0.2) is 30.5 Å². The van der Waals surface area contributed by atoms with Gasteiger partial charge in [0.2, 0.25) is 0 Å². The molecule has 2 aromatic rings. The fourth-order valence-corrected chi connectivity index (χ4v) is 2.88. The van der Waals surface area contributed by atoms with Crippen molar-refractivity contribution in [2.45, 2.75) is 20.3 Å². The van der Waals surface area contributed by atoms with E-state index < -0.39 is 0 Å². The Morgan fingerprint density at radius 3 is 2.60 bits per heavy atom. The lowest BCUT2D eigenvalue weighted by atomic mass is 10.1. The number of aromatic nitrogens is 1. The number of aryl methyl sites for hydroxylation is 2. The Bertz CT molecular complexity index is 706. The molecule has 25 heavy (non-hydrogen) atoms. The van der Waals surface area contributed by atoms with Crippen molar-refractivity contribution < 1.29 is 4.79 Å². The van der Waals surface area contributed by atoms with Crippen molar-refractivity contribution in [1.29, 1.82) is 0 Å². The van der Waals surface area contributed by atoms with Gasteiger partial charge in [0.05, 0.1) is 22.6 Å². The summed E-state index contributed by atoms with van der Waals surface area (Å²) in [4.78, 5) is 18.8. The van der Waals surface area contributed by atoms with Crippen LogP contribution in [0.1, 0.15) is 28.0 Å². The van der Waals surface area contributed by atoms with Gasteiger partial charge in [0, 0.05) is 6.54 Å². The van der Waals surface area contributed by atoms with Gasteiger partial charge in [-0.2, -0.15) is 0 Å². The molecule has 134 valence electrons. The van der Waals surface area contributed by atoms with Crippen molar-refractivity contribution in [3.8, 4) is 0 Å². The third kappa shape index (κ3) is 5.73. The minimum Gasteiger partial charge on any atom is -0.384 e. The number of anilines is 2. The fraction of sp³-hybridized carbons (Fsp3) is 0.368. The summed E-state index contributed by atoms with van der Waals surface area (Å²) in [7, 11) is 4.11. The van der Waals surface area contributed by atoms with Gasteiger partial charge >= 0.3 is 0 Å². The lowest BCUT2D eigenvalue weighted by molar-refractivity contribution is 0.102. The third-order valence-corrected chi connectivity index (χ3v) is 4.08. The average Bonchev–Trinajstić information content (AvgIpc) is 2.55. The Morgan fingerprint density at radius 1 is 1.24 bits per heavy atom. The number of carbonyl (C=O) groups is 1. The van der Waals surface area contributed by atoms with E-state index in [1.807, 2.05) is 32.0 Å². The van der Waals surface area contributed by atoms with Crippen molar-refractivity contribution in [1.82, 2.24) is 9.88 Å². The Labute approximate surface area is 154 Å². The molecule has 0 saturated carbocycles. The molecule has 0 atom stereocenters. The number of benzene rings is 1. The Balaban J connectivity index is 1.97. The summed E-state index contributed by atoms with van der Waals surface area (Å²) in [5.41, 5.74) is 3.88. The summed E-state index contributed by atoms with van der Waals surface area (Å²) in [6, 6.07) is 7.39. The van der Waals surface area contributed by atoms with Gasteiger partial charge in [0.1, 0.15) is 5.69 Å². The van der Waals surface area contributed by atoms with E-state index in [1.54, 1.807) is 12.3 Å². The first-order valence-electron chi connectivity index (χ1n) is 8.29. The van der Waals surface area contributed by atoms with E-state index in [9.17, 15) is 4.79 Å². The number of amides is 1. The van der Waals surface area contributed by atoms with Gasteiger partial charge in [0.25, 0.3) is 5.91 Å². The molecule has 0 bridgehead atoms. The van der Waals surface area contributed by atoms with Crippen molar-refractivity contribution >= 4 is 28.9 Å². The Morgan fingerprint density at radius 2 is 2.00 bits per heavy atom. The van der Waals surface area contributed by atoms with Gasteiger partial charge in [0.15, 0.2) is 0 Å². The second-order valence-electron chi connectivity index (χ2n) is 6.41. The van der Waals surface area contributed by atoms with E-state index >= 15 is 0 Å². The van der Waals surface area contributed by atoms with E-state index in [0.717, 1.165) is 36.3 Å². The predicted molar refractivity (Wildman–Crippen MR) is 105 cm³/mol. The molecule has 1 aromatic carbocycles. The summed E-state index contributed by atoms with van der Waals surface area (Å²) in [6.07, 6.45) is 2.72. The molecule has 0 unspecified atom stereocenters. The minimum absolute atomic E-state index is 0.270. The average molecular weight is 361 g/mol. The quantitative estimate of drug-likeness (QED) is 0.733. The lowest BCUT2D eigenvalue weighted by Crippen LogP contribution is -2.17. The number of nitrogens with zero attached hydrogens (tertiary/aromatic N) is 2. The molecular formula is C19H25ClN4O. The third-order valence-electron chi connectivity index (χ3n) is 3.78. The van der Waals surface area contributed by atoms with Crippen LogP contribution in [-0.2, 0) is 0 Å². The summed E-state index contributed by atoms with van der Waals surface area (Å²) in [5.74, 6) is -0.270. The SMILES string of the molecule is Cc1cc(C)c(NC(=O)c2ccc(NCCCN(C)C)cn2)c(Cl)c1. The zero-order valence-electron chi connectivity index (χ0n) is 15.2. The molecule has 6 heteroatoms. The maximum absolute atomic E-state index is 12.4. The monoisotopic (exact) mass is 360 g/mol. The smallest absolute Gasteiger partial charge is 0.274 e. The minimum atomic E-state index is -0.270. The lowest BCUT2D eigenvalue weighted by Gasteiger charge is -2.12. The van der Waals surface area contributed by atoms with Crippen LogP contribution in [-0.4, -0.2) is 43.0 Å². The second kappa shape index (κ2) is 8.83. The van der Waals surface area contributed by atoms with Gasteiger partial charge in [-0.15, -0.1) is 0 Å². The molecule has 0 aliphatic carbocycles.